The van der Waals surface area contributed by atoms with E-state index in [4.69, 9.17) is 18.9 Å². The van der Waals surface area contributed by atoms with Crippen molar-refractivity contribution >= 4 is 17.9 Å². The molecule has 1 atom stereocenters. The Morgan fingerprint density at radius 2 is 1.14 bits per heavy atom. The molecule has 8 nitrogen and oxygen atoms in total. The summed E-state index contributed by atoms with van der Waals surface area (Å²) in [7, 11) is 0. The van der Waals surface area contributed by atoms with E-state index in [-0.39, 0.29) is 24.4 Å². The second-order valence-corrected chi connectivity index (χ2v) is 8.18. The van der Waals surface area contributed by atoms with Crippen molar-refractivity contribution in [2.45, 2.75) is 33.2 Å². The summed E-state index contributed by atoms with van der Waals surface area (Å²) in [6.07, 6.45) is -2.30. The number of hydrogen-bond donors (Lipinski definition) is 1. The summed E-state index contributed by atoms with van der Waals surface area (Å²) in [5.74, 6) is -1.36. The van der Waals surface area contributed by atoms with Crippen LogP contribution in [0.4, 0.5) is 0 Å². The summed E-state index contributed by atoms with van der Waals surface area (Å²) in [5.41, 5.74) is 2.86. The quantitative estimate of drug-likeness (QED) is 0.200. The van der Waals surface area contributed by atoms with Crippen LogP contribution in [-0.2, 0) is 28.6 Å². The van der Waals surface area contributed by atoms with E-state index in [1.807, 2.05) is 0 Å². The number of benzene rings is 2. The fourth-order valence-corrected chi connectivity index (χ4v) is 2.72. The Balaban J connectivity index is 2.06. The van der Waals surface area contributed by atoms with Crippen LogP contribution in [0.3, 0.4) is 0 Å². The third-order valence-electron chi connectivity index (χ3n) is 4.76. The van der Waals surface area contributed by atoms with Crippen LogP contribution < -0.4 is 4.74 Å². The zero-order valence-electron chi connectivity index (χ0n) is 20.6. The van der Waals surface area contributed by atoms with Gasteiger partial charge in [-0.1, -0.05) is 56.1 Å². The number of rotatable bonds is 12. The molecule has 0 aliphatic carbocycles. The first kappa shape index (κ1) is 28.2. The lowest BCUT2D eigenvalue weighted by Crippen LogP contribution is -2.30. The molecule has 0 radical (unpaired) electrons. The van der Waals surface area contributed by atoms with E-state index in [1.165, 1.54) is 13.8 Å². The Bertz CT molecular complexity index is 1100. The second kappa shape index (κ2) is 13.2. The minimum Gasteiger partial charge on any atom is -0.459 e. The summed E-state index contributed by atoms with van der Waals surface area (Å²) in [4.78, 5) is 35.1. The lowest BCUT2D eigenvalue weighted by atomic mass is 10.0. The Morgan fingerprint density at radius 3 is 1.56 bits per heavy atom. The zero-order valence-corrected chi connectivity index (χ0v) is 20.6. The minimum atomic E-state index is -1.37. The highest BCUT2D eigenvalue weighted by Gasteiger charge is 2.21. The Kier molecular flexibility index (Phi) is 10.3. The van der Waals surface area contributed by atoms with Crippen molar-refractivity contribution < 1.29 is 38.4 Å². The van der Waals surface area contributed by atoms with Crippen molar-refractivity contribution in [3.8, 4) is 16.9 Å². The molecule has 0 saturated carbocycles. The molecule has 8 heteroatoms. The second-order valence-electron chi connectivity index (χ2n) is 8.18. The topological polar surface area (TPSA) is 108 Å². The van der Waals surface area contributed by atoms with Crippen molar-refractivity contribution in [2.75, 3.05) is 13.2 Å². The number of carbonyl (C=O) groups excluding carboxylic acids is 3. The zero-order chi connectivity index (χ0) is 26.8. The van der Waals surface area contributed by atoms with Crippen LogP contribution in [0, 0.1) is 0 Å². The van der Waals surface area contributed by atoms with Gasteiger partial charge in [-0.3, -0.25) is 0 Å². The molecule has 0 aliphatic rings. The Labute approximate surface area is 210 Å². The molecule has 0 heterocycles. The molecule has 1 unspecified atom stereocenters. The van der Waals surface area contributed by atoms with Crippen LogP contribution in [0.15, 0.2) is 85.0 Å². The normalized spacial score (nSPS) is 11.4. The molecular weight excluding hydrogens is 464 g/mol. The number of esters is 3. The number of aliphatic hydroxyl groups excluding tert-OH is 1. The highest BCUT2D eigenvalue weighted by Crippen LogP contribution is 2.25. The first-order valence-electron chi connectivity index (χ1n) is 11.0. The molecule has 0 aliphatic heterocycles. The van der Waals surface area contributed by atoms with Gasteiger partial charge in [-0.2, -0.15) is 0 Å². The fraction of sp³-hybridized carbons (Fsp3) is 0.250. The average molecular weight is 495 g/mol. The van der Waals surface area contributed by atoms with Crippen molar-refractivity contribution in [1.82, 2.24) is 0 Å². The highest BCUT2D eigenvalue weighted by molar-refractivity contribution is 5.89. The van der Waals surface area contributed by atoms with E-state index in [0.717, 1.165) is 11.1 Å². The Hall–Kier alpha value is -4.01. The number of carbonyl (C=O) groups is 3. The van der Waals surface area contributed by atoms with Gasteiger partial charge in [0.2, 0.25) is 0 Å². The molecule has 0 saturated heterocycles. The minimum absolute atomic E-state index is 0.200. The summed E-state index contributed by atoms with van der Waals surface area (Å²) in [6, 6.07) is 13.9. The Morgan fingerprint density at radius 1 is 0.722 bits per heavy atom. The first-order valence-corrected chi connectivity index (χ1v) is 11.0. The van der Waals surface area contributed by atoms with Gasteiger partial charge in [0, 0.05) is 22.3 Å². The van der Waals surface area contributed by atoms with Gasteiger partial charge < -0.3 is 24.1 Å². The van der Waals surface area contributed by atoms with Gasteiger partial charge in [0.1, 0.15) is 25.1 Å². The lowest BCUT2D eigenvalue weighted by molar-refractivity contribution is -0.180. The maximum absolute atomic E-state index is 11.7. The molecule has 36 heavy (non-hydrogen) atoms. The van der Waals surface area contributed by atoms with Gasteiger partial charge in [0.25, 0.3) is 0 Å². The van der Waals surface area contributed by atoms with Crippen LogP contribution in [0.5, 0.6) is 5.75 Å². The van der Waals surface area contributed by atoms with E-state index in [1.54, 1.807) is 55.5 Å². The monoisotopic (exact) mass is 494 g/mol. The van der Waals surface area contributed by atoms with Crippen LogP contribution in [0.2, 0.25) is 0 Å². The third kappa shape index (κ3) is 8.65. The summed E-state index contributed by atoms with van der Waals surface area (Å²) in [6.45, 7) is 14.6. The molecule has 0 amide bonds. The lowest BCUT2D eigenvalue weighted by Gasteiger charge is -2.22. The molecule has 0 spiro atoms. The number of ether oxygens (including phenoxy) is 4. The van der Waals surface area contributed by atoms with E-state index >= 15 is 0 Å². The molecule has 2 aromatic rings. The SMILES string of the molecule is C=C(C)C(=O)OCC(COC(=O)C(=C)C)OC(O)c1ccc(-c2ccc(OC(=O)C(=C)C)cc2)cc1. The molecular formula is C28H30O8. The maximum Gasteiger partial charge on any atom is 0.338 e. The maximum atomic E-state index is 11.7. The smallest absolute Gasteiger partial charge is 0.338 e. The van der Waals surface area contributed by atoms with Crippen LogP contribution >= 0.6 is 0 Å². The average Bonchev–Trinajstić information content (AvgIpc) is 2.85. The number of hydrogen-bond acceptors (Lipinski definition) is 8. The van der Waals surface area contributed by atoms with Crippen molar-refractivity contribution in [1.29, 1.82) is 0 Å². The largest absolute Gasteiger partial charge is 0.459 e. The van der Waals surface area contributed by atoms with E-state index < -0.39 is 30.3 Å². The van der Waals surface area contributed by atoms with Crippen molar-refractivity contribution in [3.05, 3.63) is 90.6 Å². The molecule has 190 valence electrons. The van der Waals surface area contributed by atoms with Crippen LogP contribution in [0.25, 0.3) is 11.1 Å². The molecule has 0 aromatic heterocycles. The van der Waals surface area contributed by atoms with Gasteiger partial charge in [-0.05, 0) is 44.0 Å². The van der Waals surface area contributed by atoms with Gasteiger partial charge in [0.05, 0.1) is 0 Å². The fourth-order valence-electron chi connectivity index (χ4n) is 2.72. The molecule has 0 bridgehead atoms. The van der Waals surface area contributed by atoms with E-state index in [2.05, 4.69) is 19.7 Å². The predicted molar refractivity (Wildman–Crippen MR) is 134 cm³/mol. The number of aliphatic hydroxyl groups is 1. The van der Waals surface area contributed by atoms with Gasteiger partial charge in [-0.15, -0.1) is 0 Å². The molecule has 1 N–H and O–H groups in total. The molecule has 0 fully saturated rings. The molecule has 2 rings (SSSR count). The first-order chi connectivity index (χ1) is 17.0. The van der Waals surface area contributed by atoms with Gasteiger partial charge >= 0.3 is 17.9 Å². The van der Waals surface area contributed by atoms with Gasteiger partial charge in [-0.25, -0.2) is 14.4 Å². The van der Waals surface area contributed by atoms with E-state index in [0.29, 0.717) is 16.9 Å². The van der Waals surface area contributed by atoms with Crippen LogP contribution in [0.1, 0.15) is 32.6 Å². The van der Waals surface area contributed by atoms with Crippen molar-refractivity contribution in [2.24, 2.45) is 0 Å². The van der Waals surface area contributed by atoms with Crippen molar-refractivity contribution in [3.63, 3.8) is 0 Å². The highest BCUT2D eigenvalue weighted by atomic mass is 16.6. The third-order valence-corrected chi connectivity index (χ3v) is 4.76. The van der Waals surface area contributed by atoms with Crippen LogP contribution in [-0.4, -0.2) is 42.3 Å². The van der Waals surface area contributed by atoms with Gasteiger partial charge in [0.15, 0.2) is 6.29 Å². The van der Waals surface area contributed by atoms with E-state index in [9.17, 15) is 19.5 Å². The summed E-state index contributed by atoms with van der Waals surface area (Å²) in [5, 5.41) is 10.6. The predicted octanol–water partition coefficient (Wildman–Crippen LogP) is 4.45. The standard InChI is InChI=1S/C28H30O8/c1-17(2)25(29)33-15-24(16-34-26(30)18(3)4)36-28(32)22-9-7-20(8-10-22)21-11-13-23(14-12-21)35-27(31)19(5)6/h7-14,24,28,32H,1,3,5,15-16H2,2,4,6H3. The molecule has 2 aromatic carbocycles. The summed E-state index contributed by atoms with van der Waals surface area (Å²) >= 11 is 0. The summed E-state index contributed by atoms with van der Waals surface area (Å²) < 4.78 is 21.0.